The van der Waals surface area contributed by atoms with Gasteiger partial charge < -0.3 is 21.3 Å². The van der Waals surface area contributed by atoms with E-state index in [1.807, 2.05) is 18.2 Å². The van der Waals surface area contributed by atoms with E-state index in [0.717, 1.165) is 11.3 Å². The fourth-order valence-corrected chi connectivity index (χ4v) is 4.29. The summed E-state index contributed by atoms with van der Waals surface area (Å²) in [6, 6.07) is 14.1. The summed E-state index contributed by atoms with van der Waals surface area (Å²) in [4.78, 5) is 20.0. The van der Waals surface area contributed by atoms with Gasteiger partial charge in [0.1, 0.15) is 17.3 Å². The number of rotatable bonds is 6. The molecule has 2 aliphatic rings. The number of carboxylic acid groups (broad SMARTS) is 1. The Morgan fingerprint density at radius 2 is 2.09 bits per heavy atom. The molecule has 1 aliphatic carbocycles. The summed E-state index contributed by atoms with van der Waals surface area (Å²) in [6.07, 6.45) is 3.91. The summed E-state index contributed by atoms with van der Waals surface area (Å²) >= 11 is 0. The maximum absolute atomic E-state index is 11.1. The first-order valence-electron chi connectivity index (χ1n) is 11.0. The van der Waals surface area contributed by atoms with Crippen LogP contribution in [-0.2, 0) is 16.9 Å². The molecule has 0 amide bonds. The van der Waals surface area contributed by atoms with Crippen molar-refractivity contribution in [2.24, 2.45) is 16.6 Å². The maximum atomic E-state index is 11.1. The summed E-state index contributed by atoms with van der Waals surface area (Å²) in [7, 11) is 0. The number of aliphatic carboxylic acids is 1. The smallest absolute Gasteiger partial charge is 0.306 e. The van der Waals surface area contributed by atoms with E-state index in [1.54, 1.807) is 41.2 Å². The Morgan fingerprint density at radius 3 is 2.86 bits per heavy atom. The van der Waals surface area contributed by atoms with Gasteiger partial charge in [0.05, 0.1) is 41.7 Å². The molecule has 3 heterocycles. The second kappa shape index (κ2) is 8.66. The molecule has 5 N–H and O–H groups in total. The highest BCUT2D eigenvalue weighted by Gasteiger charge is 2.48. The van der Waals surface area contributed by atoms with Crippen LogP contribution in [0.15, 0.2) is 59.7 Å². The molecule has 11 nitrogen and oxygen atoms in total. The average molecular weight is 470 g/mol. The lowest BCUT2D eigenvalue weighted by molar-refractivity contribution is -0.160. The first kappa shape index (κ1) is 22.2. The molecule has 0 radical (unpaired) electrons. The van der Waals surface area contributed by atoms with E-state index in [1.165, 1.54) is 0 Å². The summed E-state index contributed by atoms with van der Waals surface area (Å²) < 4.78 is 1.61. The number of aromatic nitrogens is 4. The van der Waals surface area contributed by atoms with Crippen molar-refractivity contribution in [2.45, 2.75) is 31.0 Å². The van der Waals surface area contributed by atoms with Gasteiger partial charge in [-0.15, -0.1) is 5.10 Å². The first-order valence-corrected chi connectivity index (χ1v) is 11.0. The molecule has 35 heavy (non-hydrogen) atoms. The molecular weight excluding hydrogens is 448 g/mol. The van der Waals surface area contributed by atoms with Gasteiger partial charge in [-0.05, 0) is 48.7 Å². The van der Waals surface area contributed by atoms with Crippen molar-refractivity contribution in [2.75, 3.05) is 0 Å². The van der Waals surface area contributed by atoms with Crippen LogP contribution in [0.5, 0.6) is 0 Å². The lowest BCUT2D eigenvalue weighted by Crippen LogP contribution is -2.45. The number of benzene rings is 1. The van der Waals surface area contributed by atoms with Gasteiger partial charge in [-0.1, -0.05) is 23.4 Å². The third-order valence-electron chi connectivity index (χ3n) is 6.15. The van der Waals surface area contributed by atoms with E-state index in [-0.39, 0.29) is 18.8 Å². The Bertz CT molecular complexity index is 1400. The van der Waals surface area contributed by atoms with E-state index < -0.39 is 23.5 Å². The lowest BCUT2D eigenvalue weighted by Gasteiger charge is -2.41. The Kier molecular flexibility index (Phi) is 5.50. The van der Waals surface area contributed by atoms with Crippen LogP contribution in [-0.4, -0.2) is 42.1 Å². The van der Waals surface area contributed by atoms with Gasteiger partial charge in [0.15, 0.2) is 5.96 Å². The van der Waals surface area contributed by atoms with Crippen LogP contribution in [0.4, 0.5) is 0 Å². The molecule has 1 atom stereocenters. The molecular formula is C24H22N8O3. The quantitative estimate of drug-likeness (QED) is 0.413. The van der Waals surface area contributed by atoms with Crippen LogP contribution in [0.2, 0.25) is 0 Å². The summed E-state index contributed by atoms with van der Waals surface area (Å²) in [6.45, 7) is 0.310. The van der Waals surface area contributed by atoms with Crippen molar-refractivity contribution < 1.29 is 15.0 Å². The zero-order chi connectivity index (χ0) is 24.6. The largest absolute Gasteiger partial charge is 0.481 e. The Labute approximate surface area is 200 Å². The van der Waals surface area contributed by atoms with Gasteiger partial charge in [-0.25, -0.2) is 9.67 Å². The molecule has 0 saturated heterocycles. The molecule has 5 rings (SSSR count). The zero-order valence-corrected chi connectivity index (χ0v) is 18.5. The number of nitrogens with zero attached hydrogens (tertiary/aromatic N) is 6. The van der Waals surface area contributed by atoms with Crippen molar-refractivity contribution in [3.63, 3.8) is 0 Å². The summed E-state index contributed by atoms with van der Waals surface area (Å²) in [5.41, 5.74) is 8.53. The third-order valence-corrected chi connectivity index (χ3v) is 6.15. The number of guanidine groups is 1. The van der Waals surface area contributed by atoms with Crippen molar-refractivity contribution in [1.29, 1.82) is 5.26 Å². The molecule has 0 bridgehead atoms. The molecule has 0 spiro atoms. The van der Waals surface area contributed by atoms with Crippen LogP contribution in [0.25, 0.3) is 5.70 Å². The minimum atomic E-state index is -1.22. The SMILES string of the molecule is N#Cc1cccc(C2=CC(c3cn(Cc4cccc(C5(O)CC(C(=O)O)C5)n4)nn3)N=C(N)N2)c1. The van der Waals surface area contributed by atoms with Gasteiger partial charge in [0.25, 0.3) is 0 Å². The summed E-state index contributed by atoms with van der Waals surface area (Å²) in [5, 5.41) is 40.5. The molecule has 1 saturated carbocycles. The van der Waals surface area contributed by atoms with Crippen molar-refractivity contribution in [3.05, 3.63) is 82.9 Å². The van der Waals surface area contributed by atoms with Gasteiger partial charge in [-0.3, -0.25) is 9.78 Å². The fraction of sp³-hybridized carbons (Fsp3) is 0.250. The predicted octanol–water partition coefficient (Wildman–Crippen LogP) is 1.28. The van der Waals surface area contributed by atoms with Gasteiger partial charge in [0.2, 0.25) is 0 Å². The highest BCUT2D eigenvalue weighted by molar-refractivity contribution is 5.90. The molecule has 3 aromatic rings. The Hall–Kier alpha value is -4.56. The van der Waals surface area contributed by atoms with E-state index in [0.29, 0.717) is 29.2 Å². The van der Waals surface area contributed by atoms with Crippen molar-refractivity contribution >= 4 is 17.6 Å². The maximum Gasteiger partial charge on any atom is 0.306 e. The number of aliphatic imine (C=N–C) groups is 1. The molecule has 2 aromatic heterocycles. The minimum Gasteiger partial charge on any atom is -0.481 e. The molecule has 176 valence electrons. The number of nitriles is 1. The number of hydrogen-bond acceptors (Lipinski definition) is 9. The molecule has 1 aliphatic heterocycles. The molecule has 1 unspecified atom stereocenters. The number of carbonyl (C=O) groups is 1. The number of carboxylic acids is 1. The van der Waals surface area contributed by atoms with Crippen LogP contribution in [0.3, 0.4) is 0 Å². The Morgan fingerprint density at radius 1 is 1.29 bits per heavy atom. The molecule has 1 fully saturated rings. The highest BCUT2D eigenvalue weighted by Crippen LogP contribution is 2.45. The monoisotopic (exact) mass is 470 g/mol. The van der Waals surface area contributed by atoms with Gasteiger partial charge in [0, 0.05) is 5.70 Å². The standard InChI is InChI=1S/C24H22N8O3/c25-11-14-3-1-4-15(7-14)18-8-19(29-23(26)28-18)20-13-32(31-30-20)12-17-5-2-6-21(27-17)24(35)9-16(10-24)22(33)34/h1-8,13,16,19,35H,9-10,12H2,(H,33,34)(H3,26,28,29). The average Bonchev–Trinajstić information content (AvgIpc) is 3.30. The topological polar surface area (TPSA) is 175 Å². The second-order valence-corrected chi connectivity index (χ2v) is 8.69. The minimum absolute atomic E-state index is 0.146. The number of nitrogens with one attached hydrogen (secondary N) is 1. The zero-order valence-electron chi connectivity index (χ0n) is 18.5. The van der Waals surface area contributed by atoms with E-state index in [2.05, 4.69) is 31.7 Å². The van der Waals surface area contributed by atoms with Crippen LogP contribution in [0.1, 0.15) is 47.1 Å². The highest BCUT2D eigenvalue weighted by atomic mass is 16.4. The van der Waals surface area contributed by atoms with E-state index in [9.17, 15) is 15.2 Å². The number of hydrogen-bond donors (Lipinski definition) is 4. The molecule has 1 aromatic carbocycles. The van der Waals surface area contributed by atoms with Crippen LogP contribution in [0, 0.1) is 17.2 Å². The van der Waals surface area contributed by atoms with Gasteiger partial charge in [-0.2, -0.15) is 5.26 Å². The third kappa shape index (κ3) is 4.47. The summed E-state index contributed by atoms with van der Waals surface area (Å²) in [5.74, 6) is -1.23. The normalized spacial score (nSPS) is 23.3. The number of aliphatic hydroxyl groups is 1. The number of nitrogens with two attached hydrogens (primary N) is 1. The van der Waals surface area contributed by atoms with Gasteiger partial charge >= 0.3 is 5.97 Å². The van der Waals surface area contributed by atoms with E-state index in [4.69, 9.17) is 10.8 Å². The van der Waals surface area contributed by atoms with Crippen LogP contribution < -0.4 is 11.1 Å². The van der Waals surface area contributed by atoms with Crippen molar-refractivity contribution in [3.8, 4) is 6.07 Å². The fourth-order valence-electron chi connectivity index (χ4n) is 4.29. The lowest BCUT2D eigenvalue weighted by atomic mass is 9.69. The van der Waals surface area contributed by atoms with E-state index >= 15 is 0 Å². The van der Waals surface area contributed by atoms with Crippen molar-refractivity contribution in [1.82, 2.24) is 25.3 Å². The number of pyridine rings is 1. The Balaban J connectivity index is 1.33. The van der Waals surface area contributed by atoms with Crippen LogP contribution >= 0.6 is 0 Å². The first-order chi connectivity index (χ1) is 16.8. The predicted molar refractivity (Wildman–Crippen MR) is 124 cm³/mol. The second-order valence-electron chi connectivity index (χ2n) is 8.69. The molecule has 11 heteroatoms.